The van der Waals surface area contributed by atoms with Crippen LogP contribution in [-0.2, 0) is 17.8 Å². The Morgan fingerprint density at radius 2 is 1.88 bits per heavy atom. The molecular formula is C19H23N3O2. The lowest BCUT2D eigenvalue weighted by atomic mass is 9.93. The van der Waals surface area contributed by atoms with Gasteiger partial charge < -0.3 is 9.88 Å². The standard InChI is InChI=1S/C19H23N3O2/c1-12-5-7-13(8-6-12)16-20-15-9-10-22(18(24)19(2,3)4)11-14(15)17(23)21-16/h5-8H,9-11H2,1-4H3,(H,20,21,23). The first-order valence-corrected chi connectivity index (χ1v) is 8.24. The zero-order valence-corrected chi connectivity index (χ0v) is 14.6. The van der Waals surface area contributed by atoms with E-state index in [1.807, 2.05) is 52.0 Å². The molecule has 0 fully saturated rings. The third-order valence-electron chi connectivity index (χ3n) is 4.32. The Morgan fingerprint density at radius 1 is 1.21 bits per heavy atom. The van der Waals surface area contributed by atoms with Gasteiger partial charge in [-0.25, -0.2) is 4.98 Å². The molecule has 0 saturated carbocycles. The Kier molecular flexibility index (Phi) is 4.03. The predicted octanol–water partition coefficient (Wildman–Crippen LogP) is 2.68. The van der Waals surface area contributed by atoms with Crippen LogP contribution in [0.5, 0.6) is 0 Å². The first kappa shape index (κ1) is 16.4. The predicted molar refractivity (Wildman–Crippen MR) is 93.6 cm³/mol. The molecule has 0 radical (unpaired) electrons. The van der Waals surface area contributed by atoms with Crippen LogP contribution in [-0.4, -0.2) is 27.3 Å². The Labute approximate surface area is 141 Å². The third kappa shape index (κ3) is 3.11. The van der Waals surface area contributed by atoms with Gasteiger partial charge >= 0.3 is 0 Å². The van der Waals surface area contributed by atoms with Crippen molar-refractivity contribution in [2.75, 3.05) is 6.54 Å². The Morgan fingerprint density at radius 3 is 2.50 bits per heavy atom. The topological polar surface area (TPSA) is 66.1 Å². The average molecular weight is 325 g/mol. The molecule has 1 amide bonds. The molecule has 1 aromatic heterocycles. The van der Waals surface area contributed by atoms with E-state index in [2.05, 4.69) is 9.97 Å². The van der Waals surface area contributed by atoms with Crippen LogP contribution in [0.25, 0.3) is 11.4 Å². The van der Waals surface area contributed by atoms with Crippen molar-refractivity contribution in [2.24, 2.45) is 5.41 Å². The van der Waals surface area contributed by atoms with Gasteiger partial charge in [-0.15, -0.1) is 0 Å². The van der Waals surface area contributed by atoms with E-state index in [0.717, 1.165) is 16.8 Å². The number of aromatic nitrogens is 2. The number of H-pyrrole nitrogens is 1. The maximum Gasteiger partial charge on any atom is 0.256 e. The molecule has 0 atom stereocenters. The number of aromatic amines is 1. The molecule has 126 valence electrons. The van der Waals surface area contributed by atoms with Crippen LogP contribution in [0.15, 0.2) is 29.1 Å². The fourth-order valence-corrected chi connectivity index (χ4v) is 2.92. The van der Waals surface area contributed by atoms with E-state index in [0.29, 0.717) is 30.9 Å². The number of aryl methyl sites for hydroxylation is 1. The van der Waals surface area contributed by atoms with E-state index in [-0.39, 0.29) is 11.5 Å². The van der Waals surface area contributed by atoms with E-state index in [9.17, 15) is 9.59 Å². The van der Waals surface area contributed by atoms with Crippen molar-refractivity contribution in [3.63, 3.8) is 0 Å². The second kappa shape index (κ2) is 5.89. The van der Waals surface area contributed by atoms with Gasteiger partial charge in [0.25, 0.3) is 5.56 Å². The number of nitrogens with one attached hydrogen (secondary N) is 1. The van der Waals surface area contributed by atoms with Crippen molar-refractivity contribution in [3.05, 3.63) is 51.4 Å². The van der Waals surface area contributed by atoms with E-state index in [1.54, 1.807) is 4.90 Å². The zero-order chi connectivity index (χ0) is 17.5. The summed E-state index contributed by atoms with van der Waals surface area (Å²) >= 11 is 0. The first-order valence-electron chi connectivity index (χ1n) is 8.24. The van der Waals surface area contributed by atoms with Gasteiger partial charge in [0, 0.05) is 23.9 Å². The molecule has 2 aromatic rings. The molecular weight excluding hydrogens is 302 g/mol. The van der Waals surface area contributed by atoms with E-state index >= 15 is 0 Å². The minimum absolute atomic E-state index is 0.0650. The molecule has 0 bridgehead atoms. The molecule has 1 aliphatic heterocycles. The van der Waals surface area contributed by atoms with Gasteiger partial charge in [0.2, 0.25) is 5.91 Å². The number of hydrogen-bond donors (Lipinski definition) is 1. The van der Waals surface area contributed by atoms with Gasteiger partial charge in [-0.1, -0.05) is 50.6 Å². The van der Waals surface area contributed by atoms with Gasteiger partial charge in [0.1, 0.15) is 5.82 Å². The van der Waals surface area contributed by atoms with Crippen LogP contribution >= 0.6 is 0 Å². The Balaban J connectivity index is 1.93. The molecule has 0 saturated heterocycles. The van der Waals surface area contributed by atoms with Crippen molar-refractivity contribution >= 4 is 5.91 Å². The first-order chi connectivity index (χ1) is 11.3. The number of rotatable bonds is 1. The summed E-state index contributed by atoms with van der Waals surface area (Å²) < 4.78 is 0. The minimum Gasteiger partial charge on any atom is -0.337 e. The van der Waals surface area contributed by atoms with Crippen molar-refractivity contribution < 1.29 is 4.79 Å². The molecule has 1 aromatic carbocycles. The molecule has 5 nitrogen and oxygen atoms in total. The van der Waals surface area contributed by atoms with Crippen LogP contribution in [0.1, 0.15) is 37.6 Å². The molecule has 5 heteroatoms. The highest BCUT2D eigenvalue weighted by atomic mass is 16.2. The van der Waals surface area contributed by atoms with E-state index in [4.69, 9.17) is 0 Å². The summed E-state index contributed by atoms with van der Waals surface area (Å²) in [4.78, 5) is 34.2. The highest BCUT2D eigenvalue weighted by Crippen LogP contribution is 2.23. The van der Waals surface area contributed by atoms with Gasteiger partial charge in [-0.3, -0.25) is 9.59 Å². The van der Waals surface area contributed by atoms with E-state index < -0.39 is 5.41 Å². The van der Waals surface area contributed by atoms with Gasteiger partial charge in [0.05, 0.1) is 17.8 Å². The van der Waals surface area contributed by atoms with Gasteiger partial charge in [-0.05, 0) is 6.92 Å². The van der Waals surface area contributed by atoms with Gasteiger partial charge in [-0.2, -0.15) is 0 Å². The molecule has 1 aliphatic rings. The lowest BCUT2D eigenvalue weighted by Crippen LogP contribution is -2.44. The summed E-state index contributed by atoms with van der Waals surface area (Å²) in [5.41, 5.74) is 2.87. The monoisotopic (exact) mass is 325 g/mol. The summed E-state index contributed by atoms with van der Waals surface area (Å²) in [6, 6.07) is 7.91. The number of fused-ring (bicyclic) bond motifs is 1. The van der Waals surface area contributed by atoms with Crippen LogP contribution in [0.3, 0.4) is 0 Å². The van der Waals surface area contributed by atoms with Gasteiger partial charge in [0.15, 0.2) is 0 Å². The average Bonchev–Trinajstić information content (AvgIpc) is 2.53. The summed E-state index contributed by atoms with van der Waals surface area (Å²) in [5.74, 6) is 0.657. The van der Waals surface area contributed by atoms with Crippen LogP contribution in [0, 0.1) is 12.3 Å². The molecule has 0 unspecified atom stereocenters. The minimum atomic E-state index is -0.445. The zero-order valence-electron chi connectivity index (χ0n) is 14.6. The number of carbonyl (C=O) groups is 1. The van der Waals surface area contributed by atoms with Crippen molar-refractivity contribution in [3.8, 4) is 11.4 Å². The van der Waals surface area contributed by atoms with E-state index in [1.165, 1.54) is 0 Å². The van der Waals surface area contributed by atoms with Crippen LogP contribution < -0.4 is 5.56 Å². The number of nitrogens with zero attached hydrogens (tertiary/aromatic N) is 2. The maximum absolute atomic E-state index is 12.5. The molecule has 2 heterocycles. The molecule has 24 heavy (non-hydrogen) atoms. The van der Waals surface area contributed by atoms with Crippen molar-refractivity contribution in [2.45, 2.75) is 40.7 Å². The lowest BCUT2D eigenvalue weighted by Gasteiger charge is -2.32. The molecule has 0 aliphatic carbocycles. The largest absolute Gasteiger partial charge is 0.337 e. The highest BCUT2D eigenvalue weighted by Gasteiger charge is 2.31. The molecule has 0 spiro atoms. The fraction of sp³-hybridized carbons (Fsp3) is 0.421. The second-order valence-electron chi connectivity index (χ2n) is 7.43. The summed E-state index contributed by atoms with van der Waals surface area (Å²) in [7, 11) is 0. The quantitative estimate of drug-likeness (QED) is 0.876. The maximum atomic E-state index is 12.5. The number of amides is 1. The fourth-order valence-electron chi connectivity index (χ4n) is 2.92. The number of carbonyl (C=O) groups excluding carboxylic acids is 1. The summed E-state index contributed by atoms with van der Waals surface area (Å²) in [6.45, 7) is 8.65. The smallest absolute Gasteiger partial charge is 0.256 e. The van der Waals surface area contributed by atoms with Crippen molar-refractivity contribution in [1.82, 2.24) is 14.9 Å². The van der Waals surface area contributed by atoms with Crippen molar-refractivity contribution in [1.29, 1.82) is 0 Å². The number of hydrogen-bond acceptors (Lipinski definition) is 3. The van der Waals surface area contributed by atoms with Crippen LogP contribution in [0.2, 0.25) is 0 Å². The molecule has 3 rings (SSSR count). The second-order valence-corrected chi connectivity index (χ2v) is 7.43. The molecule has 1 N–H and O–H groups in total. The summed E-state index contributed by atoms with van der Waals surface area (Å²) in [6.07, 6.45) is 0.611. The lowest BCUT2D eigenvalue weighted by molar-refractivity contribution is -0.140. The Hall–Kier alpha value is -2.43. The normalized spacial score (nSPS) is 14.4. The Bertz CT molecular complexity index is 829. The van der Waals surface area contributed by atoms with Crippen LogP contribution in [0.4, 0.5) is 0 Å². The number of benzene rings is 1. The third-order valence-corrected chi connectivity index (χ3v) is 4.32. The highest BCUT2D eigenvalue weighted by molar-refractivity contribution is 5.81. The summed E-state index contributed by atoms with van der Waals surface area (Å²) in [5, 5.41) is 0. The SMILES string of the molecule is Cc1ccc(-c2nc3c(c(=O)[nH]2)CN(C(=O)C(C)(C)C)CC3)cc1.